The number of fused-ring (bicyclic) bond motifs is 1. The highest BCUT2D eigenvalue weighted by Crippen LogP contribution is 2.31. The highest BCUT2D eigenvalue weighted by Gasteiger charge is 2.09. The first-order valence-electron chi connectivity index (χ1n) is 9.90. The average Bonchev–Trinajstić information content (AvgIpc) is 2.79. The van der Waals surface area contributed by atoms with Gasteiger partial charge in [-0.25, -0.2) is 4.98 Å². The molecular weight excluding hydrogens is 374 g/mol. The third-order valence-electron chi connectivity index (χ3n) is 4.96. The zero-order valence-corrected chi connectivity index (χ0v) is 16.5. The number of benzene rings is 3. The molecule has 3 N–H and O–H groups in total. The van der Waals surface area contributed by atoms with Crippen molar-refractivity contribution in [3.05, 3.63) is 102 Å². The topological polar surface area (TPSA) is 77.2 Å². The molecule has 5 nitrogen and oxygen atoms in total. The molecule has 0 saturated carbocycles. The van der Waals surface area contributed by atoms with Gasteiger partial charge in [0.2, 0.25) is 11.8 Å². The third-order valence-corrected chi connectivity index (χ3v) is 4.96. The van der Waals surface area contributed by atoms with Gasteiger partial charge >= 0.3 is 0 Å². The Kier molecular flexibility index (Phi) is 6.01. The van der Waals surface area contributed by atoms with Crippen molar-refractivity contribution in [2.75, 3.05) is 6.54 Å². The molecule has 0 aliphatic heterocycles. The molecule has 0 atom stereocenters. The van der Waals surface area contributed by atoms with Crippen LogP contribution in [0, 0.1) is 0 Å². The van der Waals surface area contributed by atoms with Crippen LogP contribution in [0.2, 0.25) is 0 Å². The summed E-state index contributed by atoms with van der Waals surface area (Å²) in [6.07, 6.45) is 2.41. The van der Waals surface area contributed by atoms with Gasteiger partial charge in [-0.2, -0.15) is 0 Å². The molecule has 1 amide bonds. The van der Waals surface area contributed by atoms with E-state index in [4.69, 9.17) is 10.5 Å². The highest BCUT2D eigenvalue weighted by atomic mass is 16.5. The monoisotopic (exact) mass is 397 g/mol. The highest BCUT2D eigenvalue weighted by molar-refractivity contribution is 5.92. The summed E-state index contributed by atoms with van der Waals surface area (Å²) in [5, 5.41) is 5.68. The van der Waals surface area contributed by atoms with E-state index in [1.165, 1.54) is 17.3 Å². The molecular formula is C25H23N3O2. The first-order valence-corrected chi connectivity index (χ1v) is 9.90. The van der Waals surface area contributed by atoms with E-state index >= 15 is 0 Å². The van der Waals surface area contributed by atoms with Crippen LogP contribution in [0.3, 0.4) is 0 Å². The maximum absolute atomic E-state index is 11.2. The fraction of sp³-hybridized carbons (Fsp3) is 0.120. The summed E-state index contributed by atoms with van der Waals surface area (Å²) in [4.78, 5) is 15.4. The molecule has 0 saturated heterocycles. The SMILES string of the molecule is NC(=O)c1ccc(Oc2ccc(CNCCc3ccccc3)c3ccccc23)nc1. The molecule has 1 heterocycles. The summed E-state index contributed by atoms with van der Waals surface area (Å²) in [5.74, 6) is 0.625. The number of carbonyl (C=O) groups is 1. The van der Waals surface area contributed by atoms with Crippen molar-refractivity contribution in [3.8, 4) is 11.6 Å². The average molecular weight is 397 g/mol. The second kappa shape index (κ2) is 9.20. The van der Waals surface area contributed by atoms with Crippen molar-refractivity contribution in [2.24, 2.45) is 5.73 Å². The predicted octanol–water partition coefficient (Wildman–Crippen LogP) is 4.46. The number of primary amides is 1. The number of rotatable bonds is 8. The maximum atomic E-state index is 11.2. The lowest BCUT2D eigenvalue weighted by Gasteiger charge is -2.13. The van der Waals surface area contributed by atoms with E-state index in [0.29, 0.717) is 11.4 Å². The molecule has 150 valence electrons. The van der Waals surface area contributed by atoms with E-state index < -0.39 is 5.91 Å². The molecule has 1 aromatic heterocycles. The Morgan fingerprint density at radius 1 is 0.900 bits per heavy atom. The van der Waals surface area contributed by atoms with Crippen LogP contribution in [0.4, 0.5) is 0 Å². The van der Waals surface area contributed by atoms with E-state index in [-0.39, 0.29) is 0 Å². The van der Waals surface area contributed by atoms with Crippen molar-refractivity contribution in [2.45, 2.75) is 13.0 Å². The molecule has 4 aromatic rings. The summed E-state index contributed by atoms with van der Waals surface area (Å²) < 4.78 is 5.98. The summed E-state index contributed by atoms with van der Waals surface area (Å²) in [5.41, 5.74) is 8.15. The second-order valence-electron chi connectivity index (χ2n) is 7.03. The Balaban J connectivity index is 1.47. The van der Waals surface area contributed by atoms with Crippen molar-refractivity contribution in [3.63, 3.8) is 0 Å². The van der Waals surface area contributed by atoms with Crippen LogP contribution in [-0.4, -0.2) is 17.4 Å². The molecule has 0 bridgehead atoms. The molecule has 3 aromatic carbocycles. The molecule has 0 aliphatic carbocycles. The second-order valence-corrected chi connectivity index (χ2v) is 7.03. The fourth-order valence-electron chi connectivity index (χ4n) is 3.38. The first kappa shape index (κ1) is 19.6. The minimum Gasteiger partial charge on any atom is -0.438 e. The smallest absolute Gasteiger partial charge is 0.250 e. The van der Waals surface area contributed by atoms with E-state index in [1.807, 2.05) is 30.3 Å². The molecule has 30 heavy (non-hydrogen) atoms. The molecule has 0 unspecified atom stereocenters. The Bertz CT molecular complexity index is 1140. The van der Waals surface area contributed by atoms with E-state index in [1.54, 1.807) is 12.1 Å². The Labute approximate surface area is 175 Å². The Hall–Kier alpha value is -3.70. The van der Waals surface area contributed by atoms with Gasteiger partial charge in [0.25, 0.3) is 0 Å². The molecule has 5 heteroatoms. The summed E-state index contributed by atoms with van der Waals surface area (Å²) >= 11 is 0. The van der Waals surface area contributed by atoms with Crippen LogP contribution in [0.25, 0.3) is 10.8 Å². The largest absolute Gasteiger partial charge is 0.438 e. The lowest BCUT2D eigenvalue weighted by Crippen LogP contribution is -2.16. The summed E-state index contributed by atoms with van der Waals surface area (Å²) in [6, 6.07) is 25.9. The number of aromatic nitrogens is 1. The van der Waals surface area contributed by atoms with Gasteiger partial charge in [-0.15, -0.1) is 0 Å². The standard InChI is InChI=1S/C25H23N3O2/c26-25(29)20-11-13-24(28-17-20)30-23-12-10-19(21-8-4-5-9-22(21)23)16-27-15-14-18-6-2-1-3-7-18/h1-13,17,27H,14-16H2,(H2,26,29). The van der Waals surface area contributed by atoms with E-state index in [0.717, 1.165) is 36.0 Å². The van der Waals surface area contributed by atoms with E-state index in [2.05, 4.69) is 46.7 Å². The van der Waals surface area contributed by atoms with E-state index in [9.17, 15) is 4.79 Å². The quantitative estimate of drug-likeness (QED) is 0.431. The Morgan fingerprint density at radius 3 is 2.40 bits per heavy atom. The van der Waals surface area contributed by atoms with Crippen LogP contribution in [0.15, 0.2) is 85.1 Å². The number of carbonyl (C=O) groups excluding carboxylic acids is 1. The number of amides is 1. The van der Waals surface area contributed by atoms with Crippen molar-refractivity contribution >= 4 is 16.7 Å². The number of pyridine rings is 1. The molecule has 0 radical (unpaired) electrons. The van der Waals surface area contributed by atoms with Crippen molar-refractivity contribution < 1.29 is 9.53 Å². The zero-order chi connectivity index (χ0) is 20.8. The number of nitrogens with two attached hydrogens (primary N) is 1. The molecule has 0 spiro atoms. The van der Waals surface area contributed by atoms with Gasteiger partial charge in [0.1, 0.15) is 5.75 Å². The van der Waals surface area contributed by atoms with Gasteiger partial charge in [-0.05, 0) is 41.6 Å². The van der Waals surface area contributed by atoms with Gasteiger partial charge in [0.05, 0.1) is 5.56 Å². The minimum atomic E-state index is -0.511. The lowest BCUT2D eigenvalue weighted by atomic mass is 10.0. The molecule has 4 rings (SSSR count). The van der Waals surface area contributed by atoms with Crippen LogP contribution in [-0.2, 0) is 13.0 Å². The fourth-order valence-corrected chi connectivity index (χ4v) is 3.38. The number of ether oxygens (including phenoxy) is 1. The van der Waals surface area contributed by atoms with Gasteiger partial charge in [0.15, 0.2) is 0 Å². The maximum Gasteiger partial charge on any atom is 0.250 e. The molecule has 0 aliphatic rings. The normalized spacial score (nSPS) is 10.8. The zero-order valence-electron chi connectivity index (χ0n) is 16.5. The lowest BCUT2D eigenvalue weighted by molar-refractivity contribution is 0.1000. The summed E-state index contributed by atoms with van der Waals surface area (Å²) in [6.45, 7) is 1.69. The van der Waals surface area contributed by atoms with Crippen LogP contribution in [0.5, 0.6) is 11.6 Å². The number of hydrogen-bond donors (Lipinski definition) is 2. The van der Waals surface area contributed by atoms with Crippen LogP contribution >= 0.6 is 0 Å². The molecule has 0 fully saturated rings. The minimum absolute atomic E-state index is 0.351. The number of nitrogens with one attached hydrogen (secondary N) is 1. The van der Waals surface area contributed by atoms with Gasteiger partial charge in [0, 0.05) is 24.2 Å². The first-order chi connectivity index (χ1) is 14.7. The van der Waals surface area contributed by atoms with Crippen molar-refractivity contribution in [1.82, 2.24) is 10.3 Å². The predicted molar refractivity (Wildman–Crippen MR) is 119 cm³/mol. The number of nitrogens with zero attached hydrogens (tertiary/aromatic N) is 1. The van der Waals surface area contributed by atoms with Crippen molar-refractivity contribution in [1.29, 1.82) is 0 Å². The summed E-state index contributed by atoms with van der Waals surface area (Å²) in [7, 11) is 0. The van der Waals surface area contributed by atoms with Gasteiger partial charge in [-0.1, -0.05) is 60.7 Å². The van der Waals surface area contributed by atoms with Gasteiger partial charge < -0.3 is 15.8 Å². The Morgan fingerprint density at radius 2 is 1.67 bits per heavy atom. The van der Waals surface area contributed by atoms with Crippen LogP contribution < -0.4 is 15.8 Å². The number of hydrogen-bond acceptors (Lipinski definition) is 4. The third kappa shape index (κ3) is 4.64. The van der Waals surface area contributed by atoms with Gasteiger partial charge in [-0.3, -0.25) is 4.79 Å². The van der Waals surface area contributed by atoms with Crippen LogP contribution in [0.1, 0.15) is 21.5 Å².